The van der Waals surface area contributed by atoms with Crippen LogP contribution in [0.3, 0.4) is 0 Å². The van der Waals surface area contributed by atoms with Gasteiger partial charge in [0.15, 0.2) is 11.5 Å². The van der Waals surface area contributed by atoms with Gasteiger partial charge in [0.1, 0.15) is 23.4 Å². The Morgan fingerprint density at radius 1 is 1.08 bits per heavy atom. The number of fused-ring (bicyclic) bond motifs is 2. The summed E-state index contributed by atoms with van der Waals surface area (Å²) in [7, 11) is 4.85. The third-order valence-electron chi connectivity index (χ3n) is 9.08. The van der Waals surface area contributed by atoms with Gasteiger partial charge in [-0.05, 0) is 43.5 Å². The third kappa shape index (κ3) is 8.46. The molecule has 264 valence electrons. The molecule has 3 unspecified atom stereocenters. The van der Waals surface area contributed by atoms with Crippen molar-refractivity contribution >= 4 is 34.6 Å². The van der Waals surface area contributed by atoms with E-state index < -0.39 is 0 Å². The Kier molecular flexibility index (Phi) is 13.6. The first-order valence-electron chi connectivity index (χ1n) is 16.0. The van der Waals surface area contributed by atoms with E-state index in [0.717, 1.165) is 62.1 Å². The molecule has 2 saturated heterocycles. The van der Waals surface area contributed by atoms with Gasteiger partial charge < -0.3 is 33.9 Å². The number of anilines is 1. The predicted molar refractivity (Wildman–Crippen MR) is 184 cm³/mol. The Labute approximate surface area is 302 Å². The number of rotatable bonds is 8. The van der Waals surface area contributed by atoms with Crippen LogP contribution in [0.5, 0.6) is 17.2 Å². The van der Waals surface area contributed by atoms with Crippen LogP contribution in [-0.4, -0.2) is 90.2 Å². The number of halogens is 2. The summed E-state index contributed by atoms with van der Waals surface area (Å²) in [5, 5.41) is 20.9. The standard InChI is InChI=1S/C26H30N4O5.C8H7ClF.C2H6O.Cr/c1-34-23-12-16(15-31)11-21-25(23)27-24(30(21)13-17-7-10-35-17)14-28-8-9-29(19-6-5-18(19)28)20-3-2-4-22(32)26(20)33;1-2-6-3-4-7(9)5-8(6)10;1-3-2;/h2-4,11-12,15,17-19,32-33H,5-10,13-14H2,1H3;2-5H,1H3;1-2H3;/q;-1;;. The average molecular weight is 734 g/mol. The minimum absolute atomic E-state index is 0. The van der Waals surface area contributed by atoms with Gasteiger partial charge in [0.05, 0.1) is 37.5 Å². The van der Waals surface area contributed by atoms with Crippen molar-refractivity contribution < 1.29 is 51.0 Å². The van der Waals surface area contributed by atoms with Gasteiger partial charge in [-0.2, -0.15) is 18.1 Å². The zero-order valence-electron chi connectivity index (χ0n) is 28.1. The van der Waals surface area contributed by atoms with E-state index in [1.54, 1.807) is 58.9 Å². The van der Waals surface area contributed by atoms with Gasteiger partial charge >= 0.3 is 0 Å². The van der Waals surface area contributed by atoms with Crippen molar-refractivity contribution in [3.8, 4) is 17.2 Å². The number of para-hydroxylation sites is 1. The predicted octanol–water partition coefficient (Wildman–Crippen LogP) is 6.22. The van der Waals surface area contributed by atoms with Crippen LogP contribution in [0.25, 0.3) is 11.0 Å². The van der Waals surface area contributed by atoms with Gasteiger partial charge in [0, 0.05) is 79.8 Å². The van der Waals surface area contributed by atoms with E-state index in [9.17, 15) is 19.4 Å². The molecule has 1 aromatic heterocycles. The van der Waals surface area contributed by atoms with Gasteiger partial charge in [0.2, 0.25) is 0 Å². The largest absolute Gasteiger partial charge is 0.504 e. The summed E-state index contributed by atoms with van der Waals surface area (Å²) < 4.78 is 30.5. The number of hydrogen-bond acceptors (Lipinski definition) is 9. The molecule has 0 spiro atoms. The summed E-state index contributed by atoms with van der Waals surface area (Å²) in [5.41, 5.74) is 3.51. The fraction of sp³-hybridized carbons (Fsp3) is 0.417. The summed E-state index contributed by atoms with van der Waals surface area (Å²) in [6, 6.07) is 14.0. The molecule has 2 aliphatic heterocycles. The van der Waals surface area contributed by atoms with Crippen molar-refractivity contribution in [3.63, 3.8) is 0 Å². The second-order valence-electron chi connectivity index (χ2n) is 12.0. The summed E-state index contributed by atoms with van der Waals surface area (Å²) >= 11 is 5.52. The number of aromatic nitrogens is 2. The number of aldehydes is 1. The summed E-state index contributed by atoms with van der Waals surface area (Å²) in [5.74, 6) is 1.14. The quantitative estimate of drug-likeness (QED) is 0.124. The number of carbonyl (C=O) groups is 1. The van der Waals surface area contributed by atoms with Crippen LogP contribution in [-0.2, 0) is 39.9 Å². The summed E-state index contributed by atoms with van der Waals surface area (Å²) in [6.07, 6.45) is 5.82. The molecule has 0 amide bonds. The van der Waals surface area contributed by atoms with Crippen LogP contribution in [0.15, 0.2) is 48.5 Å². The van der Waals surface area contributed by atoms with E-state index in [2.05, 4.69) is 19.1 Å². The SMILES string of the molecule is COC.COc1cc(C=O)cc2c1nc(CN1CCN(c3cccc(O)c3O)C3CCC31)n2CC1CCO1.C[CH-]c1ccc(Cl)cc1F.[Cr]. The number of ether oxygens (including phenoxy) is 3. The number of aromatic hydroxyl groups is 2. The molecule has 2 N–H and O–H groups in total. The molecule has 0 bridgehead atoms. The van der Waals surface area contributed by atoms with Crippen LogP contribution < -0.4 is 9.64 Å². The number of nitrogens with zero attached hydrogens (tertiary/aromatic N) is 4. The van der Waals surface area contributed by atoms with E-state index >= 15 is 0 Å². The maximum Gasteiger partial charge on any atom is 0.181 e. The van der Waals surface area contributed by atoms with Crippen molar-refractivity contribution in [2.45, 2.75) is 57.5 Å². The zero-order chi connectivity index (χ0) is 34.4. The van der Waals surface area contributed by atoms with Crippen LogP contribution in [0.2, 0.25) is 5.02 Å². The maximum atomic E-state index is 12.7. The Morgan fingerprint density at radius 3 is 2.41 bits per heavy atom. The number of carbonyl (C=O) groups excluding carboxylic acids is 1. The van der Waals surface area contributed by atoms with Crippen molar-refractivity contribution in [1.82, 2.24) is 14.5 Å². The van der Waals surface area contributed by atoms with Crippen LogP contribution in [0, 0.1) is 12.2 Å². The van der Waals surface area contributed by atoms with E-state index in [1.165, 1.54) is 12.1 Å². The van der Waals surface area contributed by atoms with E-state index in [0.29, 0.717) is 46.7 Å². The molecule has 7 rings (SSSR count). The molecule has 4 aromatic rings. The van der Waals surface area contributed by atoms with Crippen LogP contribution in [0.1, 0.15) is 47.9 Å². The first kappa shape index (κ1) is 38.3. The number of methoxy groups -OCH3 is 2. The molecule has 3 heterocycles. The number of piperazine rings is 1. The Morgan fingerprint density at radius 2 is 1.82 bits per heavy atom. The number of hydrogen-bond donors (Lipinski definition) is 2. The summed E-state index contributed by atoms with van der Waals surface area (Å²) in [4.78, 5) is 21.3. The number of benzene rings is 3. The normalized spacial score (nSPS) is 19.5. The van der Waals surface area contributed by atoms with Gasteiger partial charge in [-0.1, -0.05) is 36.7 Å². The van der Waals surface area contributed by atoms with Crippen molar-refractivity contribution in [2.24, 2.45) is 0 Å². The fourth-order valence-electron chi connectivity index (χ4n) is 6.43. The molecular weight excluding hydrogens is 691 g/mol. The van der Waals surface area contributed by atoms with Crippen LogP contribution in [0.4, 0.5) is 10.1 Å². The van der Waals surface area contributed by atoms with E-state index in [-0.39, 0.29) is 46.8 Å². The second kappa shape index (κ2) is 17.4. The molecule has 3 fully saturated rings. The first-order chi connectivity index (χ1) is 23.2. The summed E-state index contributed by atoms with van der Waals surface area (Å²) in [6.45, 7) is 5.51. The van der Waals surface area contributed by atoms with Crippen molar-refractivity contribution in [1.29, 1.82) is 0 Å². The van der Waals surface area contributed by atoms with Crippen LogP contribution >= 0.6 is 11.6 Å². The van der Waals surface area contributed by atoms with Gasteiger partial charge in [-0.25, -0.2) is 4.98 Å². The topological polar surface area (TPSA) is 110 Å². The van der Waals surface area contributed by atoms with Gasteiger partial charge in [0.25, 0.3) is 0 Å². The molecule has 0 radical (unpaired) electrons. The van der Waals surface area contributed by atoms with E-state index in [4.69, 9.17) is 26.1 Å². The second-order valence-corrected chi connectivity index (χ2v) is 12.4. The minimum Gasteiger partial charge on any atom is -0.504 e. The van der Waals surface area contributed by atoms with Gasteiger partial charge in [-0.3, -0.25) is 14.1 Å². The molecule has 1 aliphatic carbocycles. The molecular formula is C36H43ClCrFN4O6-. The Hall–Kier alpha value is -3.50. The molecule has 3 aromatic carbocycles. The molecule has 10 nitrogen and oxygen atoms in total. The Bertz CT molecular complexity index is 1720. The molecule has 1 saturated carbocycles. The Balaban J connectivity index is 0.000000328. The van der Waals surface area contributed by atoms with E-state index in [1.807, 2.05) is 12.1 Å². The molecule has 3 atom stereocenters. The maximum absolute atomic E-state index is 12.7. The molecule has 49 heavy (non-hydrogen) atoms. The smallest absolute Gasteiger partial charge is 0.181 e. The molecule has 13 heteroatoms. The van der Waals surface area contributed by atoms with Crippen molar-refractivity contribution in [2.75, 3.05) is 45.9 Å². The van der Waals surface area contributed by atoms with Crippen molar-refractivity contribution in [3.05, 3.63) is 82.7 Å². The number of imidazole rings is 1. The molecule has 3 aliphatic rings. The number of phenols is 2. The average Bonchev–Trinajstić information content (AvgIpc) is 3.37. The first-order valence-corrected chi connectivity index (χ1v) is 16.4. The number of phenolic OH excluding ortho intramolecular Hbond substituents is 2. The monoisotopic (exact) mass is 733 g/mol. The zero-order valence-corrected chi connectivity index (χ0v) is 30.2. The minimum atomic E-state index is -0.269. The third-order valence-corrected chi connectivity index (χ3v) is 9.31. The fourth-order valence-corrected chi connectivity index (χ4v) is 6.59. The van der Waals surface area contributed by atoms with Gasteiger partial charge in [-0.15, -0.1) is 0 Å².